The first-order chi connectivity index (χ1) is 12.9. The van der Waals surface area contributed by atoms with Crippen LogP contribution in [0.25, 0.3) is 10.4 Å². The molecule has 0 spiro atoms. The van der Waals surface area contributed by atoms with E-state index in [-0.39, 0.29) is 0 Å². The Morgan fingerprint density at radius 1 is 1.04 bits per heavy atom. The lowest BCUT2D eigenvalue weighted by molar-refractivity contribution is 0.0496. The standard InChI is InChI=1S/C21H26N4O2/c1-21(2,3)27-20(26)23-18(14-16-10-6-4-7-11-16)19(24-25-22)15-17-12-8-5-9-13-17/h4-13,18-19H,14-15H2,1-3H3,(H,23,26)/t18-,19-/m0/s1. The van der Waals surface area contributed by atoms with Crippen molar-refractivity contribution in [3.05, 3.63) is 82.2 Å². The molecule has 0 heterocycles. The molecule has 0 saturated heterocycles. The second kappa shape index (κ2) is 9.64. The lowest BCUT2D eigenvalue weighted by Gasteiger charge is -2.27. The Bertz CT molecular complexity index is 766. The van der Waals surface area contributed by atoms with Crippen molar-refractivity contribution in [3.63, 3.8) is 0 Å². The fraction of sp³-hybridized carbons (Fsp3) is 0.381. The van der Waals surface area contributed by atoms with Crippen molar-refractivity contribution in [2.24, 2.45) is 5.11 Å². The topological polar surface area (TPSA) is 87.1 Å². The molecule has 27 heavy (non-hydrogen) atoms. The molecular formula is C21H26N4O2. The number of rotatable bonds is 7. The largest absolute Gasteiger partial charge is 0.444 e. The zero-order valence-corrected chi connectivity index (χ0v) is 16.0. The summed E-state index contributed by atoms with van der Waals surface area (Å²) in [6, 6.07) is 18.7. The van der Waals surface area contributed by atoms with E-state index in [2.05, 4.69) is 15.3 Å². The maximum atomic E-state index is 12.4. The number of benzene rings is 2. The van der Waals surface area contributed by atoms with Gasteiger partial charge in [0.15, 0.2) is 0 Å². The van der Waals surface area contributed by atoms with Gasteiger partial charge in [-0.3, -0.25) is 0 Å². The van der Waals surface area contributed by atoms with Gasteiger partial charge in [-0.1, -0.05) is 65.8 Å². The van der Waals surface area contributed by atoms with Crippen LogP contribution in [0.4, 0.5) is 4.79 Å². The third-order valence-electron chi connectivity index (χ3n) is 3.95. The van der Waals surface area contributed by atoms with Gasteiger partial charge in [-0.2, -0.15) is 0 Å². The van der Waals surface area contributed by atoms with Gasteiger partial charge in [-0.25, -0.2) is 4.79 Å². The summed E-state index contributed by atoms with van der Waals surface area (Å²) in [5.74, 6) is 0. The van der Waals surface area contributed by atoms with Gasteiger partial charge in [-0.15, -0.1) is 0 Å². The van der Waals surface area contributed by atoms with Crippen LogP contribution in [-0.4, -0.2) is 23.8 Å². The number of amides is 1. The molecule has 0 aromatic heterocycles. The smallest absolute Gasteiger partial charge is 0.407 e. The minimum absolute atomic E-state index is 0.390. The van der Waals surface area contributed by atoms with Crippen molar-refractivity contribution in [3.8, 4) is 0 Å². The average molecular weight is 366 g/mol. The number of nitrogens with one attached hydrogen (secondary N) is 1. The van der Waals surface area contributed by atoms with Crippen LogP contribution in [-0.2, 0) is 17.6 Å². The molecule has 2 aromatic carbocycles. The number of azide groups is 1. The Labute approximate surface area is 160 Å². The molecule has 1 N–H and O–H groups in total. The van der Waals surface area contributed by atoms with E-state index in [0.29, 0.717) is 12.8 Å². The van der Waals surface area contributed by atoms with E-state index in [1.54, 1.807) is 0 Å². The van der Waals surface area contributed by atoms with E-state index in [9.17, 15) is 4.79 Å². The van der Waals surface area contributed by atoms with Crippen LogP contribution in [0.15, 0.2) is 65.8 Å². The molecule has 0 radical (unpaired) electrons. The summed E-state index contributed by atoms with van der Waals surface area (Å²) in [6.07, 6.45) is 0.545. The molecule has 0 fully saturated rings. The molecule has 1 amide bonds. The third-order valence-corrected chi connectivity index (χ3v) is 3.95. The summed E-state index contributed by atoms with van der Waals surface area (Å²) in [7, 11) is 0. The zero-order chi connectivity index (χ0) is 19.7. The monoisotopic (exact) mass is 366 g/mol. The molecule has 0 aliphatic heterocycles. The van der Waals surface area contributed by atoms with Crippen molar-refractivity contribution in [1.82, 2.24) is 5.32 Å². The summed E-state index contributed by atoms with van der Waals surface area (Å²) in [6.45, 7) is 5.44. The quantitative estimate of drug-likeness (QED) is 0.422. The summed E-state index contributed by atoms with van der Waals surface area (Å²) in [5, 5.41) is 6.88. The number of nitrogens with zero attached hydrogens (tertiary/aromatic N) is 3. The van der Waals surface area contributed by atoms with Crippen molar-refractivity contribution in [1.29, 1.82) is 0 Å². The molecule has 0 aliphatic carbocycles. The van der Waals surface area contributed by atoms with Crippen LogP contribution in [0.1, 0.15) is 31.9 Å². The Hall–Kier alpha value is -2.98. The fourth-order valence-corrected chi connectivity index (χ4v) is 2.80. The first kappa shape index (κ1) is 20.3. The van der Waals surface area contributed by atoms with Crippen molar-refractivity contribution in [2.75, 3.05) is 0 Å². The lowest BCUT2D eigenvalue weighted by atomic mass is 9.95. The number of hydrogen-bond acceptors (Lipinski definition) is 3. The number of carbonyl (C=O) groups is 1. The normalized spacial score (nSPS) is 13.1. The minimum atomic E-state index is -0.602. The van der Waals surface area contributed by atoms with E-state index in [1.807, 2.05) is 81.4 Å². The average Bonchev–Trinajstić information content (AvgIpc) is 2.61. The van der Waals surface area contributed by atoms with Crippen LogP contribution in [0.5, 0.6) is 0 Å². The van der Waals surface area contributed by atoms with Gasteiger partial charge >= 0.3 is 6.09 Å². The van der Waals surface area contributed by atoms with Crippen LogP contribution in [0.2, 0.25) is 0 Å². The predicted octanol–water partition coefficient (Wildman–Crippen LogP) is 5.04. The molecule has 6 nitrogen and oxygen atoms in total. The molecule has 0 aliphatic rings. The van der Waals surface area contributed by atoms with Gasteiger partial charge in [0.2, 0.25) is 0 Å². The third kappa shape index (κ3) is 7.42. The Morgan fingerprint density at radius 2 is 1.56 bits per heavy atom. The van der Waals surface area contributed by atoms with Crippen molar-refractivity contribution in [2.45, 2.75) is 51.3 Å². The van der Waals surface area contributed by atoms with Gasteiger partial charge in [-0.05, 0) is 50.3 Å². The molecule has 0 unspecified atom stereocenters. The molecule has 2 atom stereocenters. The highest BCUT2D eigenvalue weighted by molar-refractivity contribution is 5.68. The van der Waals surface area contributed by atoms with E-state index in [0.717, 1.165) is 11.1 Å². The molecule has 0 bridgehead atoms. The SMILES string of the molecule is CC(C)(C)OC(=O)N[C@@H](Cc1ccccc1)[C@H](Cc1ccccc1)N=[N+]=[N-]. The van der Waals surface area contributed by atoms with Crippen LogP contribution in [0.3, 0.4) is 0 Å². The van der Waals surface area contributed by atoms with Gasteiger partial charge in [0.25, 0.3) is 0 Å². The number of alkyl carbamates (subject to hydrolysis) is 1. The molecule has 2 rings (SSSR count). The zero-order valence-electron chi connectivity index (χ0n) is 16.0. The summed E-state index contributed by atoms with van der Waals surface area (Å²) < 4.78 is 5.40. The van der Waals surface area contributed by atoms with E-state index >= 15 is 0 Å². The summed E-state index contributed by atoms with van der Waals surface area (Å²) >= 11 is 0. The van der Waals surface area contributed by atoms with Gasteiger partial charge in [0.1, 0.15) is 5.60 Å². The van der Waals surface area contributed by atoms with Gasteiger partial charge < -0.3 is 10.1 Å². The van der Waals surface area contributed by atoms with Crippen molar-refractivity contribution >= 4 is 6.09 Å². The second-order valence-electron chi connectivity index (χ2n) is 7.40. The molecule has 2 aromatic rings. The summed E-state index contributed by atoms with van der Waals surface area (Å²) in [4.78, 5) is 15.4. The first-order valence-electron chi connectivity index (χ1n) is 8.99. The Morgan fingerprint density at radius 3 is 2.04 bits per heavy atom. The lowest BCUT2D eigenvalue weighted by Crippen LogP contribution is -2.46. The first-order valence-corrected chi connectivity index (χ1v) is 8.99. The Kier molecular flexibility index (Phi) is 7.26. The molecule has 142 valence electrons. The Balaban J connectivity index is 2.23. The predicted molar refractivity (Wildman–Crippen MR) is 106 cm³/mol. The molecular weight excluding hydrogens is 340 g/mol. The van der Waals surface area contributed by atoms with E-state index in [1.165, 1.54) is 0 Å². The molecule has 0 saturated carbocycles. The van der Waals surface area contributed by atoms with Gasteiger partial charge in [0.05, 0.1) is 6.04 Å². The molecule has 6 heteroatoms. The summed E-state index contributed by atoms with van der Waals surface area (Å²) in [5.41, 5.74) is 10.5. The minimum Gasteiger partial charge on any atom is -0.444 e. The van der Waals surface area contributed by atoms with Crippen LogP contribution < -0.4 is 5.32 Å². The number of carbonyl (C=O) groups excluding carboxylic acids is 1. The highest BCUT2D eigenvalue weighted by Gasteiger charge is 2.26. The second-order valence-corrected chi connectivity index (χ2v) is 7.40. The fourth-order valence-electron chi connectivity index (χ4n) is 2.80. The number of ether oxygens (including phenoxy) is 1. The maximum Gasteiger partial charge on any atom is 0.407 e. The van der Waals surface area contributed by atoms with E-state index in [4.69, 9.17) is 10.3 Å². The van der Waals surface area contributed by atoms with Gasteiger partial charge in [0, 0.05) is 11.0 Å². The van der Waals surface area contributed by atoms with Crippen molar-refractivity contribution < 1.29 is 9.53 Å². The highest BCUT2D eigenvalue weighted by atomic mass is 16.6. The van der Waals surface area contributed by atoms with Crippen LogP contribution in [0, 0.1) is 0 Å². The van der Waals surface area contributed by atoms with Crippen LogP contribution >= 0.6 is 0 Å². The number of hydrogen-bond donors (Lipinski definition) is 1. The van der Waals surface area contributed by atoms with E-state index < -0.39 is 23.8 Å². The maximum absolute atomic E-state index is 12.4. The highest BCUT2D eigenvalue weighted by Crippen LogP contribution is 2.16.